The molecule has 0 spiro atoms. The quantitative estimate of drug-likeness (QED) is 0.673. The molecule has 0 radical (unpaired) electrons. The zero-order valence-electron chi connectivity index (χ0n) is 11.2. The fourth-order valence-corrected chi connectivity index (χ4v) is 2.56. The number of hydrogen-bond donors (Lipinski definition) is 0. The zero-order chi connectivity index (χ0) is 13.9. The van der Waals surface area contributed by atoms with Crippen molar-refractivity contribution in [3.63, 3.8) is 0 Å². The number of benzene rings is 1. The van der Waals surface area contributed by atoms with E-state index in [0.717, 1.165) is 40.6 Å². The molecule has 100 valence electrons. The lowest BCUT2D eigenvalue weighted by Gasteiger charge is -2.09. The van der Waals surface area contributed by atoms with Gasteiger partial charge in [0.2, 0.25) is 0 Å². The molecule has 2 aromatic heterocycles. The second-order valence-corrected chi connectivity index (χ2v) is 5.01. The van der Waals surface area contributed by atoms with E-state index in [2.05, 4.69) is 27.9 Å². The number of fused-ring (bicyclic) bond motifs is 1. The SMILES string of the molecule is CCCc1c(Cl)ncnc1-c1ccc2ncccc2c1. The molecule has 3 nitrogen and oxygen atoms in total. The van der Waals surface area contributed by atoms with E-state index in [1.165, 1.54) is 6.33 Å². The van der Waals surface area contributed by atoms with Gasteiger partial charge in [-0.1, -0.05) is 37.1 Å². The lowest BCUT2D eigenvalue weighted by Crippen LogP contribution is -1.97. The molecule has 2 heterocycles. The van der Waals surface area contributed by atoms with Crippen LogP contribution < -0.4 is 0 Å². The number of nitrogens with zero attached hydrogens (tertiary/aromatic N) is 3. The third kappa shape index (κ3) is 2.37. The molecule has 0 saturated carbocycles. The van der Waals surface area contributed by atoms with Crippen molar-refractivity contribution in [2.45, 2.75) is 19.8 Å². The van der Waals surface area contributed by atoms with Crippen molar-refractivity contribution >= 4 is 22.5 Å². The van der Waals surface area contributed by atoms with Crippen molar-refractivity contribution in [2.75, 3.05) is 0 Å². The zero-order valence-corrected chi connectivity index (χ0v) is 11.9. The highest BCUT2D eigenvalue weighted by Gasteiger charge is 2.11. The van der Waals surface area contributed by atoms with Gasteiger partial charge in [-0.25, -0.2) is 9.97 Å². The van der Waals surface area contributed by atoms with Crippen LogP contribution in [0.5, 0.6) is 0 Å². The van der Waals surface area contributed by atoms with Crippen LogP contribution in [0.4, 0.5) is 0 Å². The summed E-state index contributed by atoms with van der Waals surface area (Å²) in [6.07, 6.45) is 5.20. The first-order valence-electron chi connectivity index (χ1n) is 6.64. The van der Waals surface area contributed by atoms with Crippen LogP contribution in [0.2, 0.25) is 5.15 Å². The van der Waals surface area contributed by atoms with E-state index >= 15 is 0 Å². The maximum absolute atomic E-state index is 6.21. The Bertz CT molecular complexity index is 756. The van der Waals surface area contributed by atoms with Gasteiger partial charge in [0.05, 0.1) is 11.2 Å². The van der Waals surface area contributed by atoms with E-state index in [4.69, 9.17) is 11.6 Å². The van der Waals surface area contributed by atoms with Gasteiger partial charge in [-0.2, -0.15) is 0 Å². The third-order valence-corrected chi connectivity index (χ3v) is 3.59. The molecule has 0 amide bonds. The smallest absolute Gasteiger partial charge is 0.136 e. The van der Waals surface area contributed by atoms with Gasteiger partial charge >= 0.3 is 0 Å². The molecular weight excluding hydrogens is 270 g/mol. The predicted molar refractivity (Wildman–Crippen MR) is 81.8 cm³/mol. The minimum atomic E-state index is 0.545. The minimum absolute atomic E-state index is 0.545. The van der Waals surface area contributed by atoms with E-state index in [0.29, 0.717) is 5.15 Å². The molecule has 0 aliphatic rings. The van der Waals surface area contributed by atoms with Crippen LogP contribution in [0.3, 0.4) is 0 Å². The molecule has 0 N–H and O–H groups in total. The first-order valence-corrected chi connectivity index (χ1v) is 7.02. The van der Waals surface area contributed by atoms with Gasteiger partial charge in [0, 0.05) is 22.7 Å². The monoisotopic (exact) mass is 283 g/mol. The second kappa shape index (κ2) is 5.55. The summed E-state index contributed by atoms with van der Waals surface area (Å²) in [6.45, 7) is 2.12. The van der Waals surface area contributed by atoms with Gasteiger partial charge in [0.25, 0.3) is 0 Å². The number of aromatic nitrogens is 3. The summed E-state index contributed by atoms with van der Waals surface area (Å²) in [5, 5.41) is 1.64. The highest BCUT2D eigenvalue weighted by atomic mass is 35.5. The molecule has 3 aromatic rings. The fraction of sp³-hybridized carbons (Fsp3) is 0.188. The Labute approximate surface area is 122 Å². The molecular formula is C16H14ClN3. The van der Waals surface area contributed by atoms with Crippen LogP contribution in [0.1, 0.15) is 18.9 Å². The number of hydrogen-bond acceptors (Lipinski definition) is 3. The van der Waals surface area contributed by atoms with Gasteiger partial charge in [0.15, 0.2) is 0 Å². The standard InChI is InChI=1S/C16H14ClN3/c1-2-4-13-15(19-10-20-16(13)17)12-6-7-14-11(9-12)5-3-8-18-14/h3,5-10H,2,4H2,1H3. The lowest BCUT2D eigenvalue weighted by molar-refractivity contribution is 0.904. The van der Waals surface area contributed by atoms with Crippen molar-refractivity contribution in [1.29, 1.82) is 0 Å². The average Bonchev–Trinajstić information content (AvgIpc) is 2.49. The van der Waals surface area contributed by atoms with Crippen LogP contribution in [-0.2, 0) is 6.42 Å². The van der Waals surface area contributed by atoms with Crippen LogP contribution in [0.15, 0.2) is 42.9 Å². The fourth-order valence-electron chi connectivity index (χ4n) is 2.33. The maximum atomic E-state index is 6.21. The van der Waals surface area contributed by atoms with E-state index < -0.39 is 0 Å². The Balaban J connectivity index is 2.17. The number of rotatable bonds is 3. The van der Waals surface area contributed by atoms with Crippen LogP contribution >= 0.6 is 11.6 Å². The number of halogens is 1. The topological polar surface area (TPSA) is 38.7 Å². The molecule has 0 saturated heterocycles. The van der Waals surface area contributed by atoms with Crippen molar-refractivity contribution in [2.24, 2.45) is 0 Å². The third-order valence-electron chi connectivity index (χ3n) is 3.27. The Morgan fingerprint density at radius 2 is 2.00 bits per heavy atom. The summed E-state index contributed by atoms with van der Waals surface area (Å²) >= 11 is 6.21. The summed E-state index contributed by atoms with van der Waals surface area (Å²) in [5.41, 5.74) is 3.96. The van der Waals surface area contributed by atoms with Gasteiger partial charge < -0.3 is 0 Å². The molecule has 0 aliphatic carbocycles. The van der Waals surface area contributed by atoms with Crippen LogP contribution in [-0.4, -0.2) is 15.0 Å². The molecule has 0 unspecified atom stereocenters. The predicted octanol–water partition coefficient (Wildman–Crippen LogP) is 4.30. The minimum Gasteiger partial charge on any atom is -0.256 e. The molecule has 0 fully saturated rings. The van der Waals surface area contributed by atoms with Crippen molar-refractivity contribution < 1.29 is 0 Å². The first kappa shape index (κ1) is 13.0. The Kier molecular flexibility index (Phi) is 3.61. The normalized spacial score (nSPS) is 10.9. The highest BCUT2D eigenvalue weighted by Crippen LogP contribution is 2.28. The van der Waals surface area contributed by atoms with Gasteiger partial charge in [-0.3, -0.25) is 4.98 Å². The molecule has 1 aromatic carbocycles. The molecule has 0 aliphatic heterocycles. The summed E-state index contributed by atoms with van der Waals surface area (Å²) < 4.78 is 0. The second-order valence-electron chi connectivity index (χ2n) is 4.65. The van der Waals surface area contributed by atoms with Crippen LogP contribution in [0.25, 0.3) is 22.2 Å². The Morgan fingerprint density at radius 1 is 1.10 bits per heavy atom. The first-order chi connectivity index (χ1) is 9.79. The molecule has 20 heavy (non-hydrogen) atoms. The maximum Gasteiger partial charge on any atom is 0.136 e. The summed E-state index contributed by atoms with van der Waals surface area (Å²) in [7, 11) is 0. The van der Waals surface area contributed by atoms with E-state index in [1.54, 1.807) is 6.20 Å². The summed E-state index contributed by atoms with van der Waals surface area (Å²) in [4.78, 5) is 12.8. The molecule has 3 rings (SSSR count). The Hall–Kier alpha value is -2.00. The van der Waals surface area contributed by atoms with Gasteiger partial charge in [-0.05, 0) is 24.6 Å². The summed E-state index contributed by atoms with van der Waals surface area (Å²) in [6, 6.07) is 10.1. The Morgan fingerprint density at radius 3 is 2.85 bits per heavy atom. The lowest BCUT2D eigenvalue weighted by atomic mass is 10.0. The summed E-state index contributed by atoms with van der Waals surface area (Å²) in [5.74, 6) is 0. The van der Waals surface area contributed by atoms with Gasteiger partial charge in [-0.15, -0.1) is 0 Å². The molecule has 0 atom stereocenters. The average molecular weight is 284 g/mol. The van der Waals surface area contributed by atoms with E-state index in [-0.39, 0.29) is 0 Å². The van der Waals surface area contributed by atoms with Gasteiger partial charge in [0.1, 0.15) is 11.5 Å². The molecule has 4 heteroatoms. The van der Waals surface area contributed by atoms with E-state index in [1.807, 2.05) is 24.3 Å². The van der Waals surface area contributed by atoms with Crippen molar-refractivity contribution in [3.8, 4) is 11.3 Å². The van der Waals surface area contributed by atoms with Crippen LogP contribution in [0, 0.1) is 0 Å². The molecule has 0 bridgehead atoms. The largest absolute Gasteiger partial charge is 0.256 e. The highest BCUT2D eigenvalue weighted by molar-refractivity contribution is 6.30. The van der Waals surface area contributed by atoms with Crippen molar-refractivity contribution in [3.05, 3.63) is 53.6 Å². The number of pyridine rings is 1. The van der Waals surface area contributed by atoms with E-state index in [9.17, 15) is 0 Å². The van der Waals surface area contributed by atoms with Crippen molar-refractivity contribution in [1.82, 2.24) is 15.0 Å².